The summed E-state index contributed by atoms with van der Waals surface area (Å²) in [7, 11) is 0. The smallest absolute Gasteiger partial charge is 0.217 e. The maximum absolute atomic E-state index is 11.2. The molecule has 5 nitrogen and oxygen atoms in total. The van der Waals surface area contributed by atoms with Crippen molar-refractivity contribution in [2.75, 3.05) is 6.61 Å². The third kappa shape index (κ3) is 3.93. The summed E-state index contributed by atoms with van der Waals surface area (Å²) in [5, 5.41) is 2.83. The van der Waals surface area contributed by atoms with Gasteiger partial charge in [-0.3, -0.25) is 4.79 Å². The molecule has 0 spiro atoms. The van der Waals surface area contributed by atoms with Crippen LogP contribution >= 0.6 is 0 Å². The molecule has 124 valence electrons. The first-order valence-electron chi connectivity index (χ1n) is 8.10. The van der Waals surface area contributed by atoms with Gasteiger partial charge in [-0.2, -0.15) is 0 Å². The van der Waals surface area contributed by atoms with E-state index in [0.717, 1.165) is 35.6 Å². The molecule has 1 amide bonds. The van der Waals surface area contributed by atoms with Crippen LogP contribution in [0.25, 0.3) is 11.0 Å². The van der Waals surface area contributed by atoms with Gasteiger partial charge in [-0.15, -0.1) is 0 Å². The van der Waals surface area contributed by atoms with E-state index >= 15 is 0 Å². The third-order valence-electron chi connectivity index (χ3n) is 3.77. The van der Waals surface area contributed by atoms with E-state index in [2.05, 4.69) is 20.9 Å². The monoisotopic (exact) mass is 323 g/mol. The largest absolute Gasteiger partial charge is 0.494 e. The van der Waals surface area contributed by atoms with Gasteiger partial charge in [0.15, 0.2) is 0 Å². The summed E-state index contributed by atoms with van der Waals surface area (Å²) in [4.78, 5) is 15.8. The van der Waals surface area contributed by atoms with Crippen molar-refractivity contribution in [1.29, 1.82) is 0 Å². The zero-order valence-corrected chi connectivity index (χ0v) is 13.7. The van der Waals surface area contributed by atoms with E-state index in [1.54, 1.807) is 0 Å². The molecule has 0 aliphatic heterocycles. The molecule has 0 bridgehead atoms. The number of benzene rings is 2. The molecule has 5 heteroatoms. The van der Waals surface area contributed by atoms with Crippen molar-refractivity contribution in [2.24, 2.45) is 0 Å². The van der Waals surface area contributed by atoms with Crippen LogP contribution in [0.5, 0.6) is 5.75 Å². The number of amides is 1. The number of rotatable bonds is 7. The Kier molecular flexibility index (Phi) is 5.11. The molecule has 0 radical (unpaired) electrons. The molecule has 3 rings (SSSR count). The van der Waals surface area contributed by atoms with E-state index in [1.807, 2.05) is 48.5 Å². The molecule has 0 unspecified atom stereocenters. The van der Waals surface area contributed by atoms with Crippen LogP contribution in [0.1, 0.15) is 19.2 Å². The number of carbonyl (C=O) groups excluding carboxylic acids is 1. The zero-order chi connectivity index (χ0) is 16.8. The van der Waals surface area contributed by atoms with Crippen LogP contribution < -0.4 is 10.1 Å². The lowest BCUT2D eigenvalue weighted by atomic mass is 10.3. The first-order chi connectivity index (χ1) is 11.7. The molecule has 0 fully saturated rings. The maximum Gasteiger partial charge on any atom is 0.217 e. The number of carbonyl (C=O) groups is 1. The predicted molar refractivity (Wildman–Crippen MR) is 93.8 cm³/mol. The highest BCUT2D eigenvalue weighted by molar-refractivity contribution is 5.76. The van der Waals surface area contributed by atoms with Crippen LogP contribution in [-0.2, 0) is 17.9 Å². The molecule has 2 aromatic carbocycles. The van der Waals surface area contributed by atoms with E-state index in [0.29, 0.717) is 13.2 Å². The van der Waals surface area contributed by atoms with E-state index in [-0.39, 0.29) is 5.91 Å². The number of hydrogen-bond acceptors (Lipinski definition) is 3. The Morgan fingerprint density at radius 3 is 2.67 bits per heavy atom. The van der Waals surface area contributed by atoms with Crippen molar-refractivity contribution in [3.8, 4) is 5.75 Å². The van der Waals surface area contributed by atoms with Gasteiger partial charge in [0.1, 0.15) is 11.6 Å². The first kappa shape index (κ1) is 16.1. The lowest BCUT2D eigenvalue weighted by Gasteiger charge is -2.10. The highest BCUT2D eigenvalue weighted by atomic mass is 16.5. The fourth-order valence-electron chi connectivity index (χ4n) is 2.64. The molecule has 1 aromatic heterocycles. The summed E-state index contributed by atoms with van der Waals surface area (Å²) < 4.78 is 7.90. The quantitative estimate of drug-likeness (QED) is 0.680. The van der Waals surface area contributed by atoms with Crippen LogP contribution in [0, 0.1) is 0 Å². The maximum atomic E-state index is 11.2. The Morgan fingerprint density at radius 1 is 1.12 bits per heavy atom. The zero-order valence-electron chi connectivity index (χ0n) is 13.7. The van der Waals surface area contributed by atoms with Gasteiger partial charge in [0.25, 0.3) is 0 Å². The minimum Gasteiger partial charge on any atom is -0.494 e. The van der Waals surface area contributed by atoms with Crippen LogP contribution in [-0.4, -0.2) is 22.1 Å². The highest BCUT2D eigenvalue weighted by Crippen LogP contribution is 2.17. The molecule has 0 atom stereocenters. The van der Waals surface area contributed by atoms with E-state index in [4.69, 9.17) is 4.74 Å². The van der Waals surface area contributed by atoms with Gasteiger partial charge in [-0.1, -0.05) is 30.3 Å². The fraction of sp³-hybridized carbons (Fsp3) is 0.263. The molecule has 0 saturated heterocycles. The molecule has 24 heavy (non-hydrogen) atoms. The number of ether oxygens (including phenoxy) is 1. The van der Waals surface area contributed by atoms with Crippen LogP contribution in [0.15, 0.2) is 54.6 Å². The fourth-order valence-corrected chi connectivity index (χ4v) is 2.64. The van der Waals surface area contributed by atoms with E-state index in [1.165, 1.54) is 6.92 Å². The molecule has 0 saturated carbocycles. The van der Waals surface area contributed by atoms with Gasteiger partial charge in [0.2, 0.25) is 5.91 Å². The third-order valence-corrected chi connectivity index (χ3v) is 3.77. The lowest BCUT2D eigenvalue weighted by Crippen LogP contribution is -2.22. The Bertz CT molecular complexity index is 812. The van der Waals surface area contributed by atoms with Gasteiger partial charge in [-0.05, 0) is 30.7 Å². The second kappa shape index (κ2) is 7.64. The second-order valence-corrected chi connectivity index (χ2v) is 5.59. The van der Waals surface area contributed by atoms with Gasteiger partial charge < -0.3 is 14.6 Å². The second-order valence-electron chi connectivity index (χ2n) is 5.59. The Morgan fingerprint density at radius 2 is 1.88 bits per heavy atom. The van der Waals surface area contributed by atoms with E-state index in [9.17, 15) is 4.79 Å². The summed E-state index contributed by atoms with van der Waals surface area (Å²) >= 11 is 0. The summed E-state index contributed by atoms with van der Waals surface area (Å²) in [6.07, 6.45) is 0.863. The van der Waals surface area contributed by atoms with Crippen LogP contribution in [0.2, 0.25) is 0 Å². The van der Waals surface area contributed by atoms with Crippen molar-refractivity contribution in [3.63, 3.8) is 0 Å². The normalized spacial score (nSPS) is 10.7. The van der Waals surface area contributed by atoms with Gasteiger partial charge in [0.05, 0.1) is 24.2 Å². The van der Waals surface area contributed by atoms with Crippen molar-refractivity contribution < 1.29 is 9.53 Å². The van der Waals surface area contributed by atoms with Crippen molar-refractivity contribution in [1.82, 2.24) is 14.9 Å². The van der Waals surface area contributed by atoms with Crippen molar-refractivity contribution >= 4 is 16.9 Å². The number of nitrogens with one attached hydrogen (secondary N) is 1. The molecule has 0 aliphatic rings. The minimum absolute atomic E-state index is 0.0546. The van der Waals surface area contributed by atoms with Crippen LogP contribution in [0.4, 0.5) is 0 Å². The average molecular weight is 323 g/mol. The Balaban J connectivity index is 1.67. The molecule has 1 heterocycles. The number of aromatic nitrogens is 2. The predicted octanol–water partition coefficient (Wildman–Crippen LogP) is 3.14. The lowest BCUT2D eigenvalue weighted by molar-refractivity contribution is -0.119. The van der Waals surface area contributed by atoms with Crippen molar-refractivity contribution in [3.05, 3.63) is 60.4 Å². The van der Waals surface area contributed by atoms with Gasteiger partial charge in [-0.25, -0.2) is 4.98 Å². The SMILES string of the molecule is CC(=O)NCc1nc2ccccc2n1CCCOc1ccccc1. The van der Waals surface area contributed by atoms with Crippen molar-refractivity contribution in [2.45, 2.75) is 26.4 Å². The topological polar surface area (TPSA) is 56.2 Å². The molecule has 1 N–H and O–H groups in total. The van der Waals surface area contributed by atoms with E-state index < -0.39 is 0 Å². The molecular formula is C19H21N3O2. The summed E-state index contributed by atoms with van der Waals surface area (Å²) in [5.74, 6) is 1.69. The summed E-state index contributed by atoms with van der Waals surface area (Å²) in [6.45, 7) is 3.38. The Hall–Kier alpha value is -2.82. The minimum atomic E-state index is -0.0546. The summed E-state index contributed by atoms with van der Waals surface area (Å²) in [5.41, 5.74) is 2.03. The number of imidazole rings is 1. The standard InChI is InChI=1S/C19H21N3O2/c1-15(23)20-14-19-21-17-10-5-6-11-18(17)22(19)12-7-13-24-16-8-3-2-4-9-16/h2-6,8-11H,7,12-14H2,1H3,(H,20,23). The van der Waals surface area contributed by atoms with Gasteiger partial charge >= 0.3 is 0 Å². The number of nitrogens with zero attached hydrogens (tertiary/aromatic N) is 2. The Labute approximate surface area is 141 Å². The number of para-hydroxylation sites is 3. The number of aryl methyl sites for hydroxylation is 1. The molecule has 3 aromatic rings. The average Bonchev–Trinajstić information content (AvgIpc) is 2.95. The van der Waals surface area contributed by atoms with Crippen LogP contribution in [0.3, 0.4) is 0 Å². The molecule has 0 aliphatic carbocycles. The number of fused-ring (bicyclic) bond motifs is 1. The van der Waals surface area contributed by atoms with Gasteiger partial charge in [0, 0.05) is 13.5 Å². The first-order valence-corrected chi connectivity index (χ1v) is 8.10. The highest BCUT2D eigenvalue weighted by Gasteiger charge is 2.10. The number of hydrogen-bond donors (Lipinski definition) is 1. The summed E-state index contributed by atoms with van der Waals surface area (Å²) in [6, 6.07) is 17.8. The molecular weight excluding hydrogens is 302 g/mol.